The van der Waals surface area contributed by atoms with Crippen LogP contribution in [0.15, 0.2) is 48.5 Å². The predicted octanol–water partition coefficient (Wildman–Crippen LogP) is 3.86. The summed E-state index contributed by atoms with van der Waals surface area (Å²) >= 11 is 0. The summed E-state index contributed by atoms with van der Waals surface area (Å²) in [5.41, 5.74) is -4.22. The van der Waals surface area contributed by atoms with Crippen molar-refractivity contribution < 1.29 is 41.0 Å². The number of carbonyl (C=O) groups is 1. The third-order valence-corrected chi connectivity index (χ3v) is 7.03. The second-order valence-corrected chi connectivity index (χ2v) is 9.55. The first-order chi connectivity index (χ1) is 17.2. The standard InChI is InChI=1S/C25H27F6N3O3/c1-15(16-9-18(24(26,27)28)11-19(10-16)25(29,30)31)37-14-23(17-5-3-2-4-6-17)8-7-22(13-33-23)21(36)32-12-20(35)34-22/h2-6,9-11,15,20,33-35H,7-8,12-14H2,1H3,(H,32,36)/t15?,20?,22?,23-/m1/s1. The minimum Gasteiger partial charge on any atom is -0.377 e. The second kappa shape index (κ2) is 9.90. The van der Waals surface area contributed by atoms with Crippen LogP contribution < -0.4 is 16.0 Å². The lowest BCUT2D eigenvalue weighted by Gasteiger charge is -2.49. The highest BCUT2D eigenvalue weighted by Crippen LogP contribution is 2.40. The van der Waals surface area contributed by atoms with Crippen LogP contribution in [-0.2, 0) is 27.4 Å². The number of amides is 1. The highest BCUT2D eigenvalue weighted by atomic mass is 19.4. The van der Waals surface area contributed by atoms with E-state index >= 15 is 0 Å². The average Bonchev–Trinajstić information content (AvgIpc) is 2.85. The molecule has 3 unspecified atom stereocenters. The number of aliphatic hydroxyl groups excluding tert-OH is 1. The number of piperidine rings is 1. The molecule has 2 aromatic rings. The summed E-state index contributed by atoms with van der Waals surface area (Å²) in [5, 5.41) is 18.9. The van der Waals surface area contributed by atoms with Gasteiger partial charge in [0.05, 0.1) is 35.9 Å². The Kier molecular flexibility index (Phi) is 7.32. The van der Waals surface area contributed by atoms with E-state index in [1.165, 1.54) is 6.92 Å². The van der Waals surface area contributed by atoms with Gasteiger partial charge >= 0.3 is 12.4 Å². The van der Waals surface area contributed by atoms with Gasteiger partial charge in [-0.25, -0.2) is 0 Å². The number of piperazine rings is 1. The van der Waals surface area contributed by atoms with Gasteiger partial charge in [-0.2, -0.15) is 26.3 Å². The van der Waals surface area contributed by atoms with Crippen LogP contribution in [-0.4, -0.2) is 42.5 Å². The van der Waals surface area contributed by atoms with E-state index in [1.54, 1.807) is 18.2 Å². The maximum atomic E-state index is 13.3. The molecule has 1 spiro atoms. The largest absolute Gasteiger partial charge is 0.416 e. The molecule has 0 saturated carbocycles. The molecule has 0 bridgehead atoms. The topological polar surface area (TPSA) is 82.6 Å². The molecule has 1 amide bonds. The molecule has 6 nitrogen and oxygen atoms in total. The van der Waals surface area contributed by atoms with Gasteiger partial charge in [0.1, 0.15) is 11.8 Å². The molecule has 37 heavy (non-hydrogen) atoms. The summed E-state index contributed by atoms with van der Waals surface area (Å²) < 4.78 is 85.8. The van der Waals surface area contributed by atoms with E-state index in [9.17, 15) is 36.2 Å². The number of β-amino-alcohol motifs (C(OH)–C–C–N with tert-alkyl or cyclic N) is 1. The first-order valence-corrected chi connectivity index (χ1v) is 11.7. The van der Waals surface area contributed by atoms with Crippen molar-refractivity contribution in [2.75, 3.05) is 19.7 Å². The average molecular weight is 531 g/mol. The van der Waals surface area contributed by atoms with Gasteiger partial charge in [-0.05, 0) is 49.1 Å². The monoisotopic (exact) mass is 531 g/mol. The summed E-state index contributed by atoms with van der Waals surface area (Å²) in [6.45, 7) is 1.49. The predicted molar refractivity (Wildman–Crippen MR) is 121 cm³/mol. The molecule has 2 aliphatic rings. The van der Waals surface area contributed by atoms with Gasteiger partial charge in [-0.3, -0.25) is 10.1 Å². The lowest BCUT2D eigenvalue weighted by Crippen LogP contribution is -2.74. The van der Waals surface area contributed by atoms with Gasteiger partial charge in [-0.1, -0.05) is 30.3 Å². The van der Waals surface area contributed by atoms with Crippen molar-refractivity contribution >= 4 is 5.91 Å². The van der Waals surface area contributed by atoms with Gasteiger partial charge < -0.3 is 20.5 Å². The van der Waals surface area contributed by atoms with Crippen LogP contribution in [0.5, 0.6) is 0 Å². The summed E-state index contributed by atoms with van der Waals surface area (Å²) in [4.78, 5) is 12.6. The van der Waals surface area contributed by atoms with E-state index < -0.39 is 46.9 Å². The zero-order chi connectivity index (χ0) is 27.1. The van der Waals surface area contributed by atoms with Gasteiger partial charge in [0, 0.05) is 6.54 Å². The zero-order valence-electron chi connectivity index (χ0n) is 19.8. The molecule has 2 fully saturated rings. The van der Waals surface area contributed by atoms with Crippen LogP contribution in [0, 0.1) is 0 Å². The maximum Gasteiger partial charge on any atom is 0.416 e. The van der Waals surface area contributed by atoms with Crippen molar-refractivity contribution in [1.82, 2.24) is 16.0 Å². The van der Waals surface area contributed by atoms with Gasteiger partial charge in [0.2, 0.25) is 5.91 Å². The van der Waals surface area contributed by atoms with E-state index in [4.69, 9.17) is 4.74 Å². The first-order valence-electron chi connectivity index (χ1n) is 11.7. The molecule has 2 aromatic carbocycles. The van der Waals surface area contributed by atoms with Crippen molar-refractivity contribution in [1.29, 1.82) is 0 Å². The summed E-state index contributed by atoms with van der Waals surface area (Å²) in [6.07, 6.45) is -11.3. The van der Waals surface area contributed by atoms with Crippen LogP contribution in [0.4, 0.5) is 26.3 Å². The number of halogens is 6. The van der Waals surface area contributed by atoms with Crippen LogP contribution in [0.1, 0.15) is 48.1 Å². The molecule has 0 radical (unpaired) electrons. The molecule has 0 aromatic heterocycles. The fourth-order valence-electron chi connectivity index (χ4n) is 4.82. The third kappa shape index (κ3) is 5.77. The smallest absolute Gasteiger partial charge is 0.377 e. The second-order valence-electron chi connectivity index (χ2n) is 9.55. The van der Waals surface area contributed by atoms with Gasteiger partial charge in [0.15, 0.2) is 0 Å². The number of nitrogens with one attached hydrogen (secondary N) is 3. The molecule has 4 N–H and O–H groups in total. The fraction of sp³-hybridized carbons (Fsp3) is 0.480. The summed E-state index contributed by atoms with van der Waals surface area (Å²) in [6, 6.07) is 10.5. The Bertz CT molecular complexity index is 1080. The van der Waals surface area contributed by atoms with Gasteiger partial charge in [-0.15, -0.1) is 0 Å². The summed E-state index contributed by atoms with van der Waals surface area (Å²) in [7, 11) is 0. The SMILES string of the molecule is CC(OC[C@@]1(c2ccccc2)CCC2(CN1)NC(O)CNC2=O)c1cc(C(F)(F)F)cc(C(F)(F)F)c1. The maximum absolute atomic E-state index is 13.3. The van der Waals surface area contributed by atoms with Crippen LogP contribution in [0.2, 0.25) is 0 Å². The van der Waals surface area contributed by atoms with E-state index in [1.807, 2.05) is 12.1 Å². The quantitative estimate of drug-likeness (QED) is 0.441. The minimum absolute atomic E-state index is 0.0714. The Hall–Kier alpha value is -2.67. The molecular weight excluding hydrogens is 504 g/mol. The number of hydrogen-bond donors (Lipinski definition) is 4. The van der Waals surface area contributed by atoms with Crippen molar-refractivity contribution in [3.05, 3.63) is 70.8 Å². The Morgan fingerprint density at radius 1 is 1.03 bits per heavy atom. The normalized spacial score (nSPS) is 27.7. The fourth-order valence-corrected chi connectivity index (χ4v) is 4.82. The molecule has 4 atom stereocenters. The minimum atomic E-state index is -4.96. The molecule has 2 saturated heterocycles. The molecular formula is C25H27F6N3O3. The first kappa shape index (κ1) is 27.4. The Balaban J connectivity index is 1.59. The van der Waals surface area contributed by atoms with E-state index in [0.717, 1.165) is 5.56 Å². The molecule has 2 aliphatic heterocycles. The zero-order valence-corrected chi connectivity index (χ0v) is 19.8. The molecule has 0 aliphatic carbocycles. The van der Waals surface area contributed by atoms with Crippen LogP contribution in [0.3, 0.4) is 0 Å². The van der Waals surface area contributed by atoms with Crippen molar-refractivity contribution in [3.63, 3.8) is 0 Å². The molecule has 2 heterocycles. The number of hydrogen-bond acceptors (Lipinski definition) is 5. The lowest BCUT2D eigenvalue weighted by atomic mass is 9.75. The number of carbonyl (C=O) groups excluding carboxylic acids is 1. The number of aliphatic hydroxyl groups is 1. The lowest BCUT2D eigenvalue weighted by molar-refractivity contribution is -0.143. The van der Waals surface area contributed by atoms with Crippen molar-refractivity contribution in [2.24, 2.45) is 0 Å². The third-order valence-electron chi connectivity index (χ3n) is 7.03. The van der Waals surface area contributed by atoms with Crippen molar-refractivity contribution in [3.8, 4) is 0 Å². The molecule has 4 rings (SSSR count). The number of alkyl halides is 6. The van der Waals surface area contributed by atoms with E-state index in [0.29, 0.717) is 25.0 Å². The summed E-state index contributed by atoms with van der Waals surface area (Å²) in [5.74, 6) is -0.273. The Morgan fingerprint density at radius 3 is 2.19 bits per heavy atom. The van der Waals surface area contributed by atoms with Gasteiger partial charge in [0.25, 0.3) is 0 Å². The highest BCUT2D eigenvalue weighted by Gasteiger charge is 2.50. The molecule has 202 valence electrons. The van der Waals surface area contributed by atoms with E-state index in [-0.39, 0.29) is 37.2 Å². The van der Waals surface area contributed by atoms with Crippen LogP contribution >= 0.6 is 0 Å². The van der Waals surface area contributed by atoms with E-state index in [2.05, 4.69) is 16.0 Å². The van der Waals surface area contributed by atoms with Crippen molar-refractivity contribution in [2.45, 2.75) is 55.5 Å². The number of rotatable bonds is 5. The number of ether oxygens (including phenoxy) is 1. The Morgan fingerprint density at radius 2 is 1.65 bits per heavy atom. The highest BCUT2D eigenvalue weighted by molar-refractivity contribution is 5.87. The molecule has 12 heteroatoms. The van der Waals surface area contributed by atoms with Crippen LogP contribution in [0.25, 0.3) is 0 Å². The number of benzene rings is 2. The Labute approximate surface area is 209 Å².